The van der Waals surface area contributed by atoms with E-state index in [4.69, 9.17) is 0 Å². The Kier molecular flexibility index (Phi) is 4.39. The molecule has 2 amide bonds. The highest BCUT2D eigenvalue weighted by Gasteiger charge is 2.22. The van der Waals surface area contributed by atoms with Crippen LogP contribution in [0.5, 0.6) is 0 Å². The number of nitrogens with one attached hydrogen (secondary N) is 1. The number of piperazine rings is 1. The van der Waals surface area contributed by atoms with Crippen LogP contribution in [-0.2, 0) is 4.79 Å². The maximum atomic E-state index is 12.0. The number of carbonyl (C=O) groups is 2. The minimum absolute atomic E-state index is 0.00826. The van der Waals surface area contributed by atoms with E-state index in [-0.39, 0.29) is 17.9 Å². The molecule has 0 radical (unpaired) electrons. The molecule has 2 rings (SSSR count). The Morgan fingerprint density at radius 2 is 2.10 bits per heavy atom. The van der Waals surface area contributed by atoms with Crippen LogP contribution < -0.4 is 5.32 Å². The maximum absolute atomic E-state index is 12.0. The highest BCUT2D eigenvalue weighted by atomic mass is 16.2. The number of benzene rings is 1. The molecule has 1 saturated heterocycles. The van der Waals surface area contributed by atoms with E-state index in [1.165, 1.54) is 0 Å². The fourth-order valence-corrected chi connectivity index (χ4v) is 2.41. The standard InChI is InChI=1S/C15H21N3O2/c1-11(19)18-8-7-16-14(10-18)12-5-4-6-13(9-12)15(20)17(2)3/h4-6,9,14,16H,7-8,10H2,1-3H3. The summed E-state index contributed by atoms with van der Waals surface area (Å²) in [7, 11) is 3.48. The van der Waals surface area contributed by atoms with Crippen LogP contribution in [0, 0.1) is 0 Å². The second-order valence-electron chi connectivity index (χ2n) is 5.30. The molecule has 0 bridgehead atoms. The molecule has 20 heavy (non-hydrogen) atoms. The van der Waals surface area contributed by atoms with Crippen LogP contribution >= 0.6 is 0 Å². The topological polar surface area (TPSA) is 52.7 Å². The molecule has 1 aromatic carbocycles. The van der Waals surface area contributed by atoms with Gasteiger partial charge in [0, 0.05) is 52.3 Å². The summed E-state index contributed by atoms with van der Waals surface area (Å²) >= 11 is 0. The van der Waals surface area contributed by atoms with Crippen molar-refractivity contribution in [1.29, 1.82) is 0 Å². The summed E-state index contributed by atoms with van der Waals surface area (Å²) in [6, 6.07) is 7.69. The van der Waals surface area contributed by atoms with Gasteiger partial charge in [0.05, 0.1) is 0 Å². The van der Waals surface area contributed by atoms with Crippen molar-refractivity contribution < 1.29 is 9.59 Å². The van der Waals surface area contributed by atoms with E-state index in [9.17, 15) is 9.59 Å². The quantitative estimate of drug-likeness (QED) is 0.872. The molecule has 1 N–H and O–H groups in total. The Hall–Kier alpha value is -1.88. The van der Waals surface area contributed by atoms with Gasteiger partial charge in [0.2, 0.25) is 5.91 Å². The minimum Gasteiger partial charge on any atom is -0.345 e. The zero-order chi connectivity index (χ0) is 14.7. The van der Waals surface area contributed by atoms with Gasteiger partial charge in [0.1, 0.15) is 0 Å². The van der Waals surface area contributed by atoms with E-state index >= 15 is 0 Å². The molecule has 1 aromatic rings. The fourth-order valence-electron chi connectivity index (χ4n) is 2.41. The average Bonchev–Trinajstić information content (AvgIpc) is 2.46. The Morgan fingerprint density at radius 1 is 1.35 bits per heavy atom. The fraction of sp³-hybridized carbons (Fsp3) is 0.467. The van der Waals surface area contributed by atoms with Gasteiger partial charge in [0.25, 0.3) is 5.91 Å². The highest BCUT2D eigenvalue weighted by Crippen LogP contribution is 2.19. The number of rotatable bonds is 2. The Morgan fingerprint density at radius 3 is 2.75 bits per heavy atom. The maximum Gasteiger partial charge on any atom is 0.253 e. The summed E-state index contributed by atoms with van der Waals surface area (Å²) in [5.74, 6) is 0.0862. The summed E-state index contributed by atoms with van der Waals surface area (Å²) in [5.41, 5.74) is 1.72. The largest absolute Gasteiger partial charge is 0.345 e. The van der Waals surface area contributed by atoms with Crippen molar-refractivity contribution >= 4 is 11.8 Å². The van der Waals surface area contributed by atoms with Crippen molar-refractivity contribution in [3.05, 3.63) is 35.4 Å². The van der Waals surface area contributed by atoms with Gasteiger partial charge in [-0.05, 0) is 17.7 Å². The van der Waals surface area contributed by atoms with E-state index in [2.05, 4.69) is 5.32 Å². The third-order valence-electron chi connectivity index (χ3n) is 3.56. The first-order chi connectivity index (χ1) is 9.49. The van der Waals surface area contributed by atoms with Crippen LogP contribution in [0.2, 0.25) is 0 Å². The zero-order valence-electron chi connectivity index (χ0n) is 12.2. The van der Waals surface area contributed by atoms with Gasteiger partial charge in [-0.3, -0.25) is 9.59 Å². The molecule has 1 fully saturated rings. The number of hydrogen-bond acceptors (Lipinski definition) is 3. The number of nitrogens with zero attached hydrogens (tertiary/aromatic N) is 2. The number of hydrogen-bond donors (Lipinski definition) is 1. The SMILES string of the molecule is CC(=O)N1CCNC(c2cccc(C(=O)N(C)C)c2)C1. The molecule has 1 aliphatic heterocycles. The predicted octanol–water partition coefficient (Wildman–Crippen LogP) is 0.881. The lowest BCUT2D eigenvalue weighted by Crippen LogP contribution is -2.47. The summed E-state index contributed by atoms with van der Waals surface area (Å²) in [4.78, 5) is 26.9. The summed E-state index contributed by atoms with van der Waals surface area (Å²) < 4.78 is 0. The van der Waals surface area contributed by atoms with Gasteiger partial charge in [0.15, 0.2) is 0 Å². The number of carbonyl (C=O) groups excluding carboxylic acids is 2. The second kappa shape index (κ2) is 6.05. The van der Waals surface area contributed by atoms with Crippen LogP contribution in [0.3, 0.4) is 0 Å². The van der Waals surface area contributed by atoms with Gasteiger partial charge in [-0.1, -0.05) is 12.1 Å². The van der Waals surface area contributed by atoms with Crippen molar-refractivity contribution in [2.45, 2.75) is 13.0 Å². The predicted molar refractivity (Wildman–Crippen MR) is 77.5 cm³/mol. The van der Waals surface area contributed by atoms with Crippen molar-refractivity contribution in [3.63, 3.8) is 0 Å². The molecule has 0 aliphatic carbocycles. The lowest BCUT2D eigenvalue weighted by molar-refractivity contribution is -0.130. The van der Waals surface area contributed by atoms with Gasteiger partial charge >= 0.3 is 0 Å². The normalized spacial score (nSPS) is 18.8. The van der Waals surface area contributed by atoms with E-state index in [1.807, 2.05) is 29.2 Å². The lowest BCUT2D eigenvalue weighted by Gasteiger charge is -2.33. The molecule has 5 nitrogen and oxygen atoms in total. The summed E-state index contributed by atoms with van der Waals surface area (Å²) in [6.07, 6.45) is 0. The molecule has 5 heteroatoms. The van der Waals surface area contributed by atoms with Crippen LogP contribution in [0.1, 0.15) is 28.9 Å². The van der Waals surface area contributed by atoms with Gasteiger partial charge in [-0.2, -0.15) is 0 Å². The third kappa shape index (κ3) is 3.17. The van der Waals surface area contributed by atoms with Crippen LogP contribution in [-0.4, -0.2) is 55.3 Å². The monoisotopic (exact) mass is 275 g/mol. The molecule has 0 aromatic heterocycles. The van der Waals surface area contributed by atoms with Crippen molar-refractivity contribution in [2.24, 2.45) is 0 Å². The van der Waals surface area contributed by atoms with Crippen molar-refractivity contribution in [3.8, 4) is 0 Å². The van der Waals surface area contributed by atoms with E-state index < -0.39 is 0 Å². The molecule has 0 spiro atoms. The van der Waals surface area contributed by atoms with E-state index in [1.54, 1.807) is 25.9 Å². The molecule has 1 unspecified atom stereocenters. The Bertz CT molecular complexity index is 514. The zero-order valence-corrected chi connectivity index (χ0v) is 12.2. The van der Waals surface area contributed by atoms with E-state index in [0.29, 0.717) is 12.1 Å². The molecular formula is C15H21N3O2. The van der Waals surface area contributed by atoms with Crippen LogP contribution in [0.15, 0.2) is 24.3 Å². The lowest BCUT2D eigenvalue weighted by atomic mass is 10.0. The average molecular weight is 275 g/mol. The van der Waals surface area contributed by atoms with Crippen LogP contribution in [0.25, 0.3) is 0 Å². The summed E-state index contributed by atoms with van der Waals surface area (Å²) in [6.45, 7) is 3.75. The van der Waals surface area contributed by atoms with Crippen LogP contribution in [0.4, 0.5) is 0 Å². The first-order valence-electron chi connectivity index (χ1n) is 6.79. The summed E-state index contributed by atoms with van der Waals surface area (Å²) in [5, 5.41) is 3.40. The second-order valence-corrected chi connectivity index (χ2v) is 5.30. The first kappa shape index (κ1) is 14.5. The molecular weight excluding hydrogens is 254 g/mol. The Balaban J connectivity index is 2.18. The smallest absolute Gasteiger partial charge is 0.253 e. The van der Waals surface area contributed by atoms with Crippen molar-refractivity contribution in [2.75, 3.05) is 33.7 Å². The highest BCUT2D eigenvalue weighted by molar-refractivity contribution is 5.94. The molecule has 108 valence electrons. The third-order valence-corrected chi connectivity index (χ3v) is 3.56. The number of amides is 2. The first-order valence-corrected chi connectivity index (χ1v) is 6.79. The molecule has 1 heterocycles. The molecule has 1 aliphatic rings. The van der Waals surface area contributed by atoms with Gasteiger partial charge < -0.3 is 15.1 Å². The van der Waals surface area contributed by atoms with E-state index in [0.717, 1.165) is 18.7 Å². The molecule has 0 saturated carbocycles. The molecule has 1 atom stereocenters. The van der Waals surface area contributed by atoms with Gasteiger partial charge in [-0.15, -0.1) is 0 Å². The minimum atomic E-state index is -0.00826. The Labute approximate surface area is 119 Å². The van der Waals surface area contributed by atoms with Crippen molar-refractivity contribution in [1.82, 2.24) is 15.1 Å². The van der Waals surface area contributed by atoms with Gasteiger partial charge in [-0.25, -0.2) is 0 Å².